The van der Waals surface area contributed by atoms with E-state index in [1.807, 2.05) is 0 Å². The van der Waals surface area contributed by atoms with E-state index in [1.54, 1.807) is 0 Å². The number of carbonyl (C=O) groups is 2. The normalized spacial score (nSPS) is 14.3. The highest BCUT2D eigenvalue weighted by Gasteiger charge is 2.41. The lowest BCUT2D eigenvalue weighted by Gasteiger charge is -2.21. The molecule has 0 fully saturated rings. The molecule has 1 aliphatic carbocycles. The van der Waals surface area contributed by atoms with Crippen molar-refractivity contribution in [2.24, 2.45) is 0 Å². The molecule has 1 aromatic rings. The third-order valence-corrected chi connectivity index (χ3v) is 2.88. The maximum absolute atomic E-state index is 12.1. The van der Waals surface area contributed by atoms with Crippen molar-refractivity contribution in [1.29, 1.82) is 0 Å². The fourth-order valence-corrected chi connectivity index (χ4v) is 1.94. The molecule has 8 nitrogen and oxygen atoms in total. The van der Waals surface area contributed by atoms with Crippen LogP contribution in [0.2, 0.25) is 0 Å². The number of phenolic OH excluding ortho intramolecular Hbond substituents is 4. The van der Waals surface area contributed by atoms with Crippen molar-refractivity contribution in [2.75, 3.05) is 14.2 Å². The summed E-state index contributed by atoms with van der Waals surface area (Å²) < 4.78 is 9.49. The van der Waals surface area contributed by atoms with Crippen LogP contribution in [-0.4, -0.2) is 46.2 Å². The summed E-state index contributed by atoms with van der Waals surface area (Å²) in [7, 11) is 2.23. The second-order valence-corrected chi connectivity index (χ2v) is 3.87. The van der Waals surface area contributed by atoms with Gasteiger partial charge in [0.05, 0.1) is 25.3 Å². The average molecular weight is 282 g/mol. The molecular weight excluding hydrogens is 272 g/mol. The largest absolute Gasteiger partial charge is 0.504 e. The molecule has 20 heavy (non-hydrogen) atoms. The number of ketones is 2. The van der Waals surface area contributed by atoms with Gasteiger partial charge in [0.1, 0.15) is 0 Å². The molecule has 0 heterocycles. The number of aromatic hydroxyl groups is 4. The SMILES string of the molecule is COC1=C(OC)C(=O)c2c(O)c(O)c(O)c(O)c2C1=O. The first-order valence-electron chi connectivity index (χ1n) is 5.28. The first-order chi connectivity index (χ1) is 9.36. The molecule has 1 aliphatic rings. The van der Waals surface area contributed by atoms with Gasteiger partial charge in [-0.25, -0.2) is 0 Å². The molecule has 0 bridgehead atoms. The molecule has 1 aromatic carbocycles. The topological polar surface area (TPSA) is 134 Å². The van der Waals surface area contributed by atoms with E-state index in [-0.39, 0.29) is 0 Å². The Labute approximate surface area is 112 Å². The highest BCUT2D eigenvalue weighted by molar-refractivity contribution is 6.28. The molecule has 0 unspecified atom stereocenters. The summed E-state index contributed by atoms with van der Waals surface area (Å²) in [6.07, 6.45) is 0. The van der Waals surface area contributed by atoms with Crippen molar-refractivity contribution in [3.63, 3.8) is 0 Å². The van der Waals surface area contributed by atoms with Crippen molar-refractivity contribution in [1.82, 2.24) is 0 Å². The minimum atomic E-state index is -1.11. The maximum Gasteiger partial charge on any atom is 0.236 e. The third kappa shape index (κ3) is 1.48. The molecule has 0 amide bonds. The Morgan fingerprint density at radius 1 is 0.650 bits per heavy atom. The van der Waals surface area contributed by atoms with Gasteiger partial charge in [0.15, 0.2) is 11.5 Å². The molecule has 8 heteroatoms. The van der Waals surface area contributed by atoms with Gasteiger partial charge < -0.3 is 29.9 Å². The molecule has 4 N–H and O–H groups in total. The minimum absolute atomic E-state index is 0.482. The van der Waals surface area contributed by atoms with Gasteiger partial charge in [-0.2, -0.15) is 0 Å². The fourth-order valence-electron chi connectivity index (χ4n) is 1.94. The van der Waals surface area contributed by atoms with Crippen LogP contribution >= 0.6 is 0 Å². The van der Waals surface area contributed by atoms with Gasteiger partial charge in [-0.3, -0.25) is 9.59 Å². The van der Waals surface area contributed by atoms with E-state index in [4.69, 9.17) is 9.47 Å². The van der Waals surface area contributed by atoms with E-state index in [2.05, 4.69) is 0 Å². The molecule has 106 valence electrons. The first-order valence-corrected chi connectivity index (χ1v) is 5.28. The van der Waals surface area contributed by atoms with Crippen LogP contribution in [0.3, 0.4) is 0 Å². The number of hydrogen-bond donors (Lipinski definition) is 4. The van der Waals surface area contributed by atoms with E-state index in [0.717, 1.165) is 14.2 Å². The van der Waals surface area contributed by atoms with Gasteiger partial charge in [-0.1, -0.05) is 0 Å². The zero-order valence-corrected chi connectivity index (χ0v) is 10.4. The summed E-state index contributed by atoms with van der Waals surface area (Å²) in [6, 6.07) is 0. The molecule has 0 aromatic heterocycles. The molecular formula is C12H10O8. The van der Waals surface area contributed by atoms with E-state index < -0.39 is 57.2 Å². The molecule has 0 aliphatic heterocycles. The molecule has 0 atom stereocenters. The maximum atomic E-state index is 12.1. The van der Waals surface area contributed by atoms with E-state index in [1.165, 1.54) is 0 Å². The van der Waals surface area contributed by atoms with Crippen LogP contribution in [0, 0.1) is 0 Å². The van der Waals surface area contributed by atoms with Gasteiger partial charge in [0.25, 0.3) is 0 Å². The lowest BCUT2D eigenvalue weighted by atomic mass is 9.89. The third-order valence-electron chi connectivity index (χ3n) is 2.88. The van der Waals surface area contributed by atoms with Crippen LogP contribution in [0.15, 0.2) is 11.5 Å². The van der Waals surface area contributed by atoms with Gasteiger partial charge in [-0.15, -0.1) is 0 Å². The zero-order valence-electron chi connectivity index (χ0n) is 10.4. The Morgan fingerprint density at radius 2 is 0.950 bits per heavy atom. The van der Waals surface area contributed by atoms with Gasteiger partial charge in [-0.05, 0) is 0 Å². The summed E-state index contributed by atoms with van der Waals surface area (Å²) in [5.41, 5.74) is -1.33. The number of rotatable bonds is 2. The number of fused-ring (bicyclic) bond motifs is 1. The Balaban J connectivity index is 2.90. The lowest BCUT2D eigenvalue weighted by molar-refractivity contribution is 0.0822. The molecule has 0 saturated carbocycles. The number of phenols is 4. The minimum Gasteiger partial charge on any atom is -0.504 e. The van der Waals surface area contributed by atoms with Crippen LogP contribution < -0.4 is 0 Å². The molecule has 0 saturated heterocycles. The predicted molar refractivity (Wildman–Crippen MR) is 62.8 cm³/mol. The number of hydrogen-bond acceptors (Lipinski definition) is 8. The van der Waals surface area contributed by atoms with Gasteiger partial charge in [0.2, 0.25) is 34.6 Å². The smallest absolute Gasteiger partial charge is 0.236 e. The number of benzene rings is 1. The van der Waals surface area contributed by atoms with Gasteiger partial charge >= 0.3 is 0 Å². The second kappa shape index (κ2) is 4.34. The number of carbonyl (C=O) groups excluding carboxylic acids is 2. The summed E-state index contributed by atoms with van der Waals surface area (Å²) in [4.78, 5) is 24.2. The Bertz CT molecular complexity index is 614. The van der Waals surface area contributed by atoms with Crippen LogP contribution in [0.4, 0.5) is 0 Å². The van der Waals surface area contributed by atoms with Crippen molar-refractivity contribution < 1.29 is 39.5 Å². The van der Waals surface area contributed by atoms with E-state index in [9.17, 15) is 30.0 Å². The van der Waals surface area contributed by atoms with E-state index >= 15 is 0 Å². The van der Waals surface area contributed by atoms with Crippen LogP contribution in [0.1, 0.15) is 20.7 Å². The fraction of sp³-hybridized carbons (Fsp3) is 0.167. The molecule has 0 spiro atoms. The monoisotopic (exact) mass is 282 g/mol. The van der Waals surface area contributed by atoms with Gasteiger partial charge in [0, 0.05) is 0 Å². The van der Waals surface area contributed by atoms with Crippen molar-refractivity contribution in [2.45, 2.75) is 0 Å². The van der Waals surface area contributed by atoms with Crippen molar-refractivity contribution in [3.05, 3.63) is 22.6 Å². The highest BCUT2D eigenvalue weighted by Crippen LogP contribution is 2.50. The summed E-state index contributed by atoms with van der Waals surface area (Å²) >= 11 is 0. The Hall–Kier alpha value is -2.90. The highest BCUT2D eigenvalue weighted by atomic mass is 16.5. The Kier molecular flexibility index (Phi) is 2.93. The standard InChI is InChI=1S/C12H10O8/c1-19-11-7(15)3-4(8(16)12(11)20-2)6(14)10(18)9(17)5(3)13/h13-14,17-18H,1-2H3. The zero-order chi connectivity index (χ0) is 15.2. The lowest BCUT2D eigenvalue weighted by Crippen LogP contribution is -2.24. The second-order valence-electron chi connectivity index (χ2n) is 3.87. The van der Waals surface area contributed by atoms with Crippen molar-refractivity contribution >= 4 is 11.6 Å². The predicted octanol–water partition coefficient (Wildman–Crippen LogP) is 0.392. The van der Waals surface area contributed by atoms with Crippen molar-refractivity contribution in [3.8, 4) is 23.0 Å². The summed E-state index contributed by atoms with van der Waals surface area (Å²) in [5, 5.41) is 38.2. The van der Waals surface area contributed by atoms with Crippen LogP contribution in [0.25, 0.3) is 0 Å². The van der Waals surface area contributed by atoms with Crippen LogP contribution in [0.5, 0.6) is 23.0 Å². The molecule has 0 radical (unpaired) electrons. The number of methoxy groups -OCH3 is 2. The Morgan fingerprint density at radius 3 is 1.20 bits per heavy atom. The number of allylic oxidation sites excluding steroid dienone is 2. The summed E-state index contributed by atoms with van der Waals surface area (Å²) in [6.45, 7) is 0. The summed E-state index contributed by atoms with van der Waals surface area (Å²) in [5.74, 6) is -7.19. The number of Topliss-reactive ketones (excluding diaryl/α,β-unsaturated/α-hetero) is 2. The molecule has 2 rings (SSSR count). The first kappa shape index (κ1) is 13.5. The van der Waals surface area contributed by atoms with E-state index in [0.29, 0.717) is 0 Å². The van der Waals surface area contributed by atoms with Crippen LogP contribution in [-0.2, 0) is 9.47 Å². The quantitative estimate of drug-likeness (QED) is 0.452. The average Bonchev–Trinajstić information content (AvgIpc) is 2.43. The number of ether oxygens (including phenoxy) is 2.